The van der Waals surface area contributed by atoms with Crippen molar-refractivity contribution < 1.29 is 4.74 Å². The highest BCUT2D eigenvalue weighted by Crippen LogP contribution is 2.49. The van der Waals surface area contributed by atoms with Crippen LogP contribution in [0, 0.1) is 11.3 Å². The van der Waals surface area contributed by atoms with Crippen LogP contribution in [0.2, 0.25) is 13.1 Å². The summed E-state index contributed by atoms with van der Waals surface area (Å²) in [6.45, 7) is 23.5. The van der Waals surface area contributed by atoms with Gasteiger partial charge >= 0.3 is 0 Å². The molecule has 1 aromatic carbocycles. The van der Waals surface area contributed by atoms with Crippen LogP contribution in [0.25, 0.3) is 0 Å². The van der Waals surface area contributed by atoms with Crippen LogP contribution in [-0.4, -0.2) is 15.9 Å². The Bertz CT molecular complexity index is 752. The normalized spacial score (nSPS) is 18.6. The predicted molar refractivity (Wildman–Crippen MR) is 121 cm³/mol. The van der Waals surface area contributed by atoms with E-state index in [9.17, 15) is 0 Å². The number of benzene rings is 1. The van der Waals surface area contributed by atoms with Crippen molar-refractivity contribution in [1.29, 1.82) is 0 Å². The van der Waals surface area contributed by atoms with Crippen molar-refractivity contribution in [2.45, 2.75) is 79.3 Å². The molecule has 27 heavy (non-hydrogen) atoms. The van der Waals surface area contributed by atoms with E-state index in [4.69, 9.17) is 4.74 Å². The summed E-state index contributed by atoms with van der Waals surface area (Å²) in [7, 11) is 1.25. The minimum absolute atomic E-state index is 0.0541. The topological polar surface area (TPSA) is 9.23 Å². The third-order valence-electron chi connectivity index (χ3n) is 5.90. The Morgan fingerprint density at radius 2 is 1.44 bits per heavy atom. The molecule has 0 aliphatic heterocycles. The number of allylic oxidation sites excluding steroid dienone is 4. The van der Waals surface area contributed by atoms with Gasteiger partial charge in [0.25, 0.3) is 0 Å². The van der Waals surface area contributed by atoms with E-state index in [0.717, 1.165) is 5.75 Å². The molecule has 0 saturated carbocycles. The summed E-state index contributed by atoms with van der Waals surface area (Å²) in [6.07, 6.45) is 4.86. The van der Waals surface area contributed by atoms with Gasteiger partial charge in [-0.2, -0.15) is 0 Å². The lowest BCUT2D eigenvalue weighted by Gasteiger charge is -2.36. The average molecular weight is 384 g/mol. The zero-order valence-electron chi connectivity index (χ0n) is 19.4. The second-order valence-corrected chi connectivity index (χ2v) is 13.3. The minimum Gasteiger partial charge on any atom is -0.496 e. The zero-order valence-corrected chi connectivity index (χ0v) is 20.4. The van der Waals surface area contributed by atoms with E-state index < -0.39 is 8.80 Å². The molecule has 2 rings (SSSR count). The fourth-order valence-corrected chi connectivity index (χ4v) is 6.46. The summed E-state index contributed by atoms with van der Waals surface area (Å²) in [5.74, 6) is 1.59. The average Bonchev–Trinajstić information content (AvgIpc) is 2.99. The van der Waals surface area contributed by atoms with Gasteiger partial charge in [0.05, 0.1) is 15.9 Å². The standard InChI is InChI=1S/C25H39OSi/c1-23(2,3)17-13-12-14-18(21(17)26-9)25(7,8)20-16-15-19(24(4,5)6)22(20)27(10)11/h12-16,19H,1-11H3. The van der Waals surface area contributed by atoms with Crippen molar-refractivity contribution in [3.63, 3.8) is 0 Å². The predicted octanol–water partition coefficient (Wildman–Crippen LogP) is 7.09. The van der Waals surface area contributed by atoms with Gasteiger partial charge in [-0.05, 0) is 27.9 Å². The Morgan fingerprint density at radius 3 is 1.89 bits per heavy atom. The van der Waals surface area contributed by atoms with Crippen LogP contribution in [0.5, 0.6) is 5.75 Å². The van der Waals surface area contributed by atoms with Crippen molar-refractivity contribution in [3.8, 4) is 5.75 Å². The molecule has 1 nitrogen and oxygen atoms in total. The lowest BCUT2D eigenvalue weighted by molar-refractivity contribution is 0.339. The molecule has 0 bridgehead atoms. The molecule has 0 saturated heterocycles. The Kier molecular flexibility index (Phi) is 5.93. The highest BCUT2D eigenvalue weighted by atomic mass is 28.3. The largest absolute Gasteiger partial charge is 0.496 e. The van der Waals surface area contributed by atoms with E-state index in [2.05, 4.69) is 98.8 Å². The number of ether oxygens (including phenoxy) is 1. The molecule has 1 unspecified atom stereocenters. The van der Waals surface area contributed by atoms with Crippen LogP contribution in [0.3, 0.4) is 0 Å². The SMILES string of the molecule is COc1c(C(C)(C)C)cccc1C(C)(C)C1=C([Si](C)C)C(C(C)(C)C)C=C1. The Hall–Kier alpha value is -1.28. The number of hydrogen-bond acceptors (Lipinski definition) is 1. The first-order chi connectivity index (χ1) is 12.2. The van der Waals surface area contributed by atoms with Gasteiger partial charge < -0.3 is 4.74 Å². The Morgan fingerprint density at radius 1 is 0.889 bits per heavy atom. The molecule has 0 amide bonds. The van der Waals surface area contributed by atoms with Gasteiger partial charge in [-0.15, -0.1) is 0 Å². The summed E-state index contributed by atoms with van der Waals surface area (Å²) in [5, 5.41) is 1.68. The van der Waals surface area contributed by atoms with Gasteiger partial charge in [-0.3, -0.25) is 0 Å². The summed E-state index contributed by atoms with van der Waals surface area (Å²) in [5.41, 5.74) is 4.31. The van der Waals surface area contributed by atoms with Crippen molar-refractivity contribution in [2.24, 2.45) is 11.3 Å². The van der Waals surface area contributed by atoms with Crippen molar-refractivity contribution >= 4 is 8.80 Å². The van der Waals surface area contributed by atoms with Gasteiger partial charge in [0.2, 0.25) is 0 Å². The molecule has 0 heterocycles. The molecule has 1 aliphatic carbocycles. The molecular formula is C25H39OSi. The summed E-state index contributed by atoms with van der Waals surface area (Å²) >= 11 is 0. The van der Waals surface area contributed by atoms with E-state index in [1.165, 1.54) is 16.7 Å². The van der Waals surface area contributed by atoms with Gasteiger partial charge in [-0.1, -0.05) is 104 Å². The van der Waals surface area contributed by atoms with Crippen LogP contribution in [0.15, 0.2) is 41.1 Å². The van der Waals surface area contributed by atoms with Crippen molar-refractivity contribution in [2.75, 3.05) is 7.11 Å². The fourth-order valence-electron chi connectivity index (χ4n) is 4.38. The maximum Gasteiger partial charge on any atom is 0.126 e. The second kappa shape index (κ2) is 7.27. The van der Waals surface area contributed by atoms with E-state index >= 15 is 0 Å². The highest BCUT2D eigenvalue weighted by molar-refractivity contribution is 6.64. The van der Waals surface area contributed by atoms with E-state index in [0.29, 0.717) is 5.92 Å². The zero-order chi connectivity index (χ0) is 20.8. The highest BCUT2D eigenvalue weighted by Gasteiger charge is 2.39. The number of rotatable bonds is 4. The minimum atomic E-state index is -0.561. The molecular weight excluding hydrogens is 344 g/mol. The Labute approximate surface area is 169 Å². The molecule has 0 fully saturated rings. The van der Waals surface area contributed by atoms with Gasteiger partial charge in [0.15, 0.2) is 0 Å². The first-order valence-corrected chi connectivity index (χ1v) is 12.6. The monoisotopic (exact) mass is 383 g/mol. The van der Waals surface area contributed by atoms with E-state index in [1.807, 2.05) is 7.11 Å². The van der Waals surface area contributed by atoms with Crippen LogP contribution in [0.4, 0.5) is 0 Å². The maximum atomic E-state index is 6.00. The van der Waals surface area contributed by atoms with Crippen molar-refractivity contribution in [3.05, 3.63) is 52.2 Å². The molecule has 0 spiro atoms. The first-order valence-electron chi connectivity index (χ1n) is 10.1. The van der Waals surface area contributed by atoms with E-state index in [-0.39, 0.29) is 16.2 Å². The number of para-hydroxylation sites is 1. The van der Waals surface area contributed by atoms with Crippen LogP contribution in [-0.2, 0) is 10.8 Å². The fraction of sp³-hybridized carbons (Fsp3) is 0.600. The summed E-state index contributed by atoms with van der Waals surface area (Å²) in [4.78, 5) is 0. The second-order valence-electron chi connectivity index (χ2n) is 10.8. The molecule has 1 aliphatic rings. The van der Waals surface area contributed by atoms with Crippen LogP contribution in [0.1, 0.15) is 66.5 Å². The van der Waals surface area contributed by atoms with Crippen LogP contribution < -0.4 is 4.74 Å². The first kappa shape index (κ1) is 22.0. The quantitative estimate of drug-likeness (QED) is 0.504. The van der Waals surface area contributed by atoms with Gasteiger partial charge in [0, 0.05) is 11.0 Å². The van der Waals surface area contributed by atoms with Gasteiger partial charge in [-0.25, -0.2) is 0 Å². The molecule has 1 aromatic rings. The van der Waals surface area contributed by atoms with Crippen LogP contribution >= 0.6 is 0 Å². The molecule has 1 atom stereocenters. The molecule has 0 aromatic heterocycles. The molecule has 0 N–H and O–H groups in total. The van der Waals surface area contributed by atoms with Crippen molar-refractivity contribution in [1.82, 2.24) is 0 Å². The lowest BCUT2D eigenvalue weighted by atomic mass is 9.73. The Balaban J connectivity index is 2.72. The number of methoxy groups -OCH3 is 1. The molecule has 1 radical (unpaired) electrons. The smallest absolute Gasteiger partial charge is 0.126 e. The number of hydrogen-bond donors (Lipinski definition) is 0. The van der Waals surface area contributed by atoms with Gasteiger partial charge in [0.1, 0.15) is 5.75 Å². The third kappa shape index (κ3) is 4.11. The molecule has 2 heteroatoms. The van der Waals surface area contributed by atoms with E-state index in [1.54, 1.807) is 5.20 Å². The third-order valence-corrected chi connectivity index (χ3v) is 7.56. The molecule has 149 valence electrons. The maximum absolute atomic E-state index is 6.00. The summed E-state index contributed by atoms with van der Waals surface area (Å²) < 4.78 is 6.00. The summed E-state index contributed by atoms with van der Waals surface area (Å²) in [6, 6.07) is 6.67. The lowest BCUT2D eigenvalue weighted by Crippen LogP contribution is -2.29.